The molecule has 33 heavy (non-hydrogen) atoms. The van der Waals surface area contributed by atoms with E-state index in [9.17, 15) is 14.7 Å². The van der Waals surface area contributed by atoms with Gasteiger partial charge in [-0.2, -0.15) is 5.10 Å². The van der Waals surface area contributed by atoms with E-state index < -0.39 is 24.6 Å². The van der Waals surface area contributed by atoms with Crippen LogP contribution in [-0.2, 0) is 16.1 Å². The second kappa shape index (κ2) is 9.97. The van der Waals surface area contributed by atoms with Crippen molar-refractivity contribution in [2.75, 3.05) is 11.9 Å². The van der Waals surface area contributed by atoms with Gasteiger partial charge in [0.2, 0.25) is 5.91 Å². The molecule has 0 radical (unpaired) electrons. The van der Waals surface area contributed by atoms with Crippen LogP contribution in [0.3, 0.4) is 0 Å². The fraction of sp³-hybridized carbons (Fsp3) is 0.160. The number of aromatic nitrogens is 2. The highest BCUT2D eigenvalue weighted by Gasteiger charge is 2.21. The summed E-state index contributed by atoms with van der Waals surface area (Å²) in [5, 5.41) is 20.1. The normalized spacial score (nSPS) is 11.7. The van der Waals surface area contributed by atoms with E-state index >= 15 is 0 Å². The summed E-state index contributed by atoms with van der Waals surface area (Å²) in [6, 6.07) is 21.3. The molecular weight excluding hydrogens is 420 g/mol. The topological polar surface area (TPSA) is 105 Å². The summed E-state index contributed by atoms with van der Waals surface area (Å²) in [4.78, 5) is 24.7. The number of ether oxygens (including phenoxy) is 1. The van der Waals surface area contributed by atoms with Gasteiger partial charge in [0.15, 0.2) is 0 Å². The molecule has 0 bridgehead atoms. The van der Waals surface area contributed by atoms with Crippen molar-refractivity contribution in [1.29, 1.82) is 0 Å². The van der Waals surface area contributed by atoms with Crippen LogP contribution < -0.4 is 10.6 Å². The number of nitrogens with one attached hydrogen (secondary N) is 2. The van der Waals surface area contributed by atoms with Crippen LogP contribution in [0.1, 0.15) is 11.1 Å². The lowest BCUT2D eigenvalue weighted by Gasteiger charge is -2.16. The molecule has 1 aromatic heterocycles. The monoisotopic (exact) mass is 444 g/mol. The quantitative estimate of drug-likeness (QED) is 0.404. The number of hydrogen-bond donors (Lipinski definition) is 3. The van der Waals surface area contributed by atoms with E-state index in [1.54, 1.807) is 23.0 Å². The first-order valence-electron chi connectivity index (χ1n) is 10.5. The molecule has 0 aliphatic carbocycles. The van der Waals surface area contributed by atoms with Crippen molar-refractivity contribution in [3.8, 4) is 5.69 Å². The number of aryl methyl sites for hydroxylation is 1. The van der Waals surface area contributed by atoms with Gasteiger partial charge in [-0.1, -0.05) is 42.5 Å². The molecule has 3 N–H and O–H groups in total. The minimum atomic E-state index is -1.16. The Bertz CT molecular complexity index is 1270. The lowest BCUT2D eigenvalue weighted by Crippen LogP contribution is -2.46. The van der Waals surface area contributed by atoms with Crippen molar-refractivity contribution in [3.05, 3.63) is 90.1 Å². The van der Waals surface area contributed by atoms with Crippen molar-refractivity contribution in [2.45, 2.75) is 19.6 Å². The number of fused-ring (bicyclic) bond motifs is 1. The van der Waals surface area contributed by atoms with E-state index in [1.165, 1.54) is 0 Å². The zero-order valence-corrected chi connectivity index (χ0v) is 18.1. The predicted octanol–water partition coefficient (Wildman–Crippen LogP) is 3.56. The van der Waals surface area contributed by atoms with Crippen LogP contribution in [0.4, 0.5) is 10.5 Å². The standard InChI is InChI=1S/C25H24N4O4/c1-17-6-5-9-21(12-17)29-23-13-20(11-10-19(23)14-26-29)27-24(31)22(15-30)28-25(32)33-16-18-7-3-2-4-8-18/h2-14,22,30H,15-16H2,1H3,(H,27,31)(H,28,32). The second-order valence-electron chi connectivity index (χ2n) is 7.60. The summed E-state index contributed by atoms with van der Waals surface area (Å²) >= 11 is 0. The SMILES string of the molecule is Cc1cccc(-n2ncc3ccc(NC(=O)C(CO)NC(=O)OCc4ccccc4)cc32)c1. The van der Waals surface area contributed by atoms with Crippen molar-refractivity contribution < 1.29 is 19.4 Å². The van der Waals surface area contributed by atoms with Gasteiger partial charge in [-0.05, 0) is 48.4 Å². The number of carbonyl (C=O) groups excluding carboxylic acids is 2. The first kappa shape index (κ1) is 22.0. The third-order valence-electron chi connectivity index (χ3n) is 5.09. The minimum absolute atomic E-state index is 0.0616. The molecule has 1 unspecified atom stereocenters. The highest BCUT2D eigenvalue weighted by atomic mass is 16.5. The molecule has 2 amide bonds. The zero-order chi connectivity index (χ0) is 23.2. The van der Waals surface area contributed by atoms with E-state index in [0.717, 1.165) is 27.7 Å². The van der Waals surface area contributed by atoms with Crippen LogP contribution in [0.15, 0.2) is 79.0 Å². The average molecular weight is 444 g/mol. The number of aliphatic hydroxyl groups is 1. The highest BCUT2D eigenvalue weighted by Crippen LogP contribution is 2.22. The van der Waals surface area contributed by atoms with Gasteiger partial charge in [0.25, 0.3) is 0 Å². The molecule has 0 saturated carbocycles. The number of carbonyl (C=O) groups is 2. The van der Waals surface area contributed by atoms with E-state index in [0.29, 0.717) is 5.69 Å². The minimum Gasteiger partial charge on any atom is -0.445 e. The number of rotatable bonds is 7. The Labute approximate surface area is 190 Å². The number of amides is 2. The maximum atomic E-state index is 12.7. The predicted molar refractivity (Wildman–Crippen MR) is 125 cm³/mol. The van der Waals surface area contributed by atoms with Crippen molar-refractivity contribution in [2.24, 2.45) is 0 Å². The van der Waals surface area contributed by atoms with E-state index in [-0.39, 0.29) is 6.61 Å². The van der Waals surface area contributed by atoms with Crippen molar-refractivity contribution >= 4 is 28.6 Å². The molecule has 0 aliphatic rings. The summed E-state index contributed by atoms with van der Waals surface area (Å²) in [5.74, 6) is -0.560. The third-order valence-corrected chi connectivity index (χ3v) is 5.09. The molecule has 0 aliphatic heterocycles. The molecule has 1 heterocycles. The second-order valence-corrected chi connectivity index (χ2v) is 7.60. The van der Waals surface area contributed by atoms with Gasteiger partial charge in [0, 0.05) is 11.1 Å². The molecule has 4 rings (SSSR count). The molecule has 0 saturated heterocycles. The molecular formula is C25H24N4O4. The molecule has 8 nitrogen and oxygen atoms in total. The number of nitrogens with zero attached hydrogens (tertiary/aromatic N) is 2. The smallest absolute Gasteiger partial charge is 0.408 e. The van der Waals surface area contributed by atoms with Gasteiger partial charge in [-0.25, -0.2) is 9.48 Å². The van der Waals surface area contributed by atoms with Gasteiger partial charge < -0.3 is 20.5 Å². The highest BCUT2D eigenvalue weighted by molar-refractivity contribution is 5.98. The summed E-state index contributed by atoms with van der Waals surface area (Å²) in [6.07, 6.45) is 0.963. The summed E-state index contributed by atoms with van der Waals surface area (Å²) in [7, 11) is 0. The first-order valence-corrected chi connectivity index (χ1v) is 10.5. The van der Waals surface area contributed by atoms with Gasteiger partial charge in [-0.15, -0.1) is 0 Å². The van der Waals surface area contributed by atoms with Gasteiger partial charge in [0.1, 0.15) is 12.6 Å². The molecule has 0 fully saturated rings. The van der Waals surface area contributed by atoms with Crippen LogP contribution in [0.25, 0.3) is 16.6 Å². The molecule has 0 spiro atoms. The molecule has 1 atom stereocenters. The van der Waals surface area contributed by atoms with Crippen LogP contribution in [-0.4, -0.2) is 39.5 Å². The van der Waals surface area contributed by atoms with Crippen LogP contribution in [0.5, 0.6) is 0 Å². The Morgan fingerprint density at radius 3 is 2.64 bits per heavy atom. The lowest BCUT2D eigenvalue weighted by atomic mass is 10.2. The zero-order valence-electron chi connectivity index (χ0n) is 18.1. The number of alkyl carbamates (subject to hydrolysis) is 1. The Morgan fingerprint density at radius 2 is 1.88 bits per heavy atom. The van der Waals surface area contributed by atoms with E-state index in [1.807, 2.05) is 67.6 Å². The fourth-order valence-electron chi connectivity index (χ4n) is 3.39. The van der Waals surface area contributed by atoms with E-state index in [4.69, 9.17) is 4.74 Å². The molecule has 3 aromatic carbocycles. The lowest BCUT2D eigenvalue weighted by molar-refractivity contribution is -0.118. The van der Waals surface area contributed by atoms with Crippen LogP contribution in [0, 0.1) is 6.92 Å². The van der Waals surface area contributed by atoms with Crippen LogP contribution >= 0.6 is 0 Å². The number of hydrogen-bond acceptors (Lipinski definition) is 5. The molecule has 8 heteroatoms. The van der Waals surface area contributed by atoms with Crippen molar-refractivity contribution in [3.63, 3.8) is 0 Å². The molecule has 168 valence electrons. The molecule has 4 aromatic rings. The van der Waals surface area contributed by atoms with E-state index in [2.05, 4.69) is 15.7 Å². The fourth-order valence-corrected chi connectivity index (χ4v) is 3.39. The first-order chi connectivity index (χ1) is 16.0. The van der Waals surface area contributed by atoms with Crippen LogP contribution in [0.2, 0.25) is 0 Å². The Hall–Kier alpha value is -4.17. The number of aliphatic hydroxyl groups excluding tert-OH is 1. The summed E-state index contributed by atoms with van der Waals surface area (Å²) in [5.41, 5.74) is 4.16. The maximum Gasteiger partial charge on any atom is 0.408 e. The number of anilines is 1. The Balaban J connectivity index is 1.43. The van der Waals surface area contributed by atoms with Gasteiger partial charge >= 0.3 is 6.09 Å². The summed E-state index contributed by atoms with van der Waals surface area (Å²) < 4.78 is 6.92. The Morgan fingerprint density at radius 1 is 1.06 bits per heavy atom. The summed E-state index contributed by atoms with van der Waals surface area (Å²) in [6.45, 7) is 1.50. The maximum absolute atomic E-state index is 12.7. The average Bonchev–Trinajstić information content (AvgIpc) is 3.25. The van der Waals surface area contributed by atoms with Gasteiger partial charge in [-0.3, -0.25) is 4.79 Å². The largest absolute Gasteiger partial charge is 0.445 e. The van der Waals surface area contributed by atoms with Gasteiger partial charge in [0.05, 0.1) is 24.0 Å². The number of benzene rings is 3. The van der Waals surface area contributed by atoms with Crippen molar-refractivity contribution in [1.82, 2.24) is 15.1 Å². The third kappa shape index (κ3) is 5.36. The Kier molecular flexibility index (Phi) is 6.66.